The summed E-state index contributed by atoms with van der Waals surface area (Å²) >= 11 is 0. The van der Waals surface area contributed by atoms with Crippen molar-refractivity contribution in [1.29, 1.82) is 0 Å². The molecule has 2 rings (SSSR count). The highest BCUT2D eigenvalue weighted by atomic mass is 16.5. The first kappa shape index (κ1) is 18.7. The summed E-state index contributed by atoms with van der Waals surface area (Å²) in [6.07, 6.45) is 5.82. The van der Waals surface area contributed by atoms with Crippen LogP contribution in [0.15, 0.2) is 18.2 Å². The van der Waals surface area contributed by atoms with Gasteiger partial charge in [0.2, 0.25) is 0 Å². The number of hydrogen-bond acceptors (Lipinski definition) is 3. The third-order valence-corrected chi connectivity index (χ3v) is 4.81. The standard InChI is InChI=1S/C21H30O3/c1-5-6-7-18(23)9-8-16-12-17(15(2)10-11-22)13-19-20(16)24-14-21(19,3)4/h10,12-13,22H,5-9,11,14H2,1-4H3/b15-10-. The normalized spacial score (nSPS) is 16.0. The number of rotatable bonds is 8. The topological polar surface area (TPSA) is 46.5 Å². The number of ether oxygens (including phenoxy) is 1. The number of fused-ring (bicyclic) bond motifs is 1. The Hall–Kier alpha value is -1.61. The molecule has 1 aromatic carbocycles. The zero-order valence-electron chi connectivity index (χ0n) is 15.4. The number of Topliss-reactive ketones (excluding diaryl/α,β-unsaturated/α-hetero) is 1. The maximum atomic E-state index is 12.0. The number of unbranched alkanes of at least 4 members (excludes halogenated alkanes) is 1. The minimum atomic E-state index is -0.0220. The van der Waals surface area contributed by atoms with Crippen molar-refractivity contribution in [3.05, 3.63) is 34.9 Å². The van der Waals surface area contributed by atoms with Crippen molar-refractivity contribution in [3.8, 4) is 5.75 Å². The van der Waals surface area contributed by atoms with Crippen LogP contribution >= 0.6 is 0 Å². The Morgan fingerprint density at radius 3 is 2.75 bits per heavy atom. The van der Waals surface area contributed by atoms with Crippen LogP contribution in [0.25, 0.3) is 5.57 Å². The molecule has 3 heteroatoms. The lowest BCUT2D eigenvalue weighted by atomic mass is 9.83. The Kier molecular flexibility index (Phi) is 6.22. The number of carbonyl (C=O) groups excluding carboxylic acids is 1. The Labute approximate surface area is 145 Å². The van der Waals surface area contributed by atoms with Gasteiger partial charge in [-0.05, 0) is 48.6 Å². The summed E-state index contributed by atoms with van der Waals surface area (Å²) in [7, 11) is 0. The van der Waals surface area contributed by atoms with Gasteiger partial charge in [0.25, 0.3) is 0 Å². The lowest BCUT2D eigenvalue weighted by Gasteiger charge is -2.17. The van der Waals surface area contributed by atoms with E-state index in [1.54, 1.807) is 0 Å². The van der Waals surface area contributed by atoms with E-state index in [9.17, 15) is 9.90 Å². The summed E-state index contributed by atoms with van der Waals surface area (Å²) in [4.78, 5) is 12.0. The second kappa shape index (κ2) is 7.98. The molecule has 132 valence electrons. The van der Waals surface area contributed by atoms with Crippen molar-refractivity contribution in [2.45, 2.75) is 65.2 Å². The highest BCUT2D eigenvalue weighted by molar-refractivity contribution is 5.79. The van der Waals surface area contributed by atoms with Crippen LogP contribution in [0, 0.1) is 0 Å². The molecule has 0 aromatic heterocycles. The van der Waals surface area contributed by atoms with Gasteiger partial charge in [-0.3, -0.25) is 4.79 Å². The highest BCUT2D eigenvalue weighted by Crippen LogP contribution is 2.42. The van der Waals surface area contributed by atoms with Gasteiger partial charge < -0.3 is 9.84 Å². The zero-order chi connectivity index (χ0) is 17.7. The largest absolute Gasteiger partial charge is 0.492 e. The Morgan fingerprint density at radius 1 is 1.33 bits per heavy atom. The van der Waals surface area contributed by atoms with E-state index in [2.05, 4.69) is 32.9 Å². The molecule has 1 aliphatic heterocycles. The van der Waals surface area contributed by atoms with Gasteiger partial charge in [-0.2, -0.15) is 0 Å². The molecule has 24 heavy (non-hydrogen) atoms. The second-order valence-corrected chi connectivity index (χ2v) is 7.40. The van der Waals surface area contributed by atoms with Gasteiger partial charge in [0.05, 0.1) is 13.2 Å². The SMILES string of the molecule is CCCCC(=O)CCc1cc(/C(C)=C\CO)cc2c1OCC2(C)C. The molecule has 3 nitrogen and oxygen atoms in total. The van der Waals surface area contributed by atoms with Crippen LogP contribution in [0.1, 0.15) is 70.1 Å². The summed E-state index contributed by atoms with van der Waals surface area (Å²) in [5.41, 5.74) is 4.47. The van der Waals surface area contributed by atoms with Crippen LogP contribution in [0.2, 0.25) is 0 Å². The number of benzene rings is 1. The van der Waals surface area contributed by atoms with Crippen LogP contribution in [0.5, 0.6) is 5.75 Å². The molecule has 0 spiro atoms. The molecule has 0 bridgehead atoms. The zero-order valence-corrected chi connectivity index (χ0v) is 15.4. The summed E-state index contributed by atoms with van der Waals surface area (Å²) < 4.78 is 5.97. The fraction of sp³-hybridized carbons (Fsp3) is 0.571. The molecule has 0 amide bonds. The molecule has 0 unspecified atom stereocenters. The molecule has 0 fully saturated rings. The summed E-state index contributed by atoms with van der Waals surface area (Å²) in [6, 6.07) is 4.29. The lowest BCUT2D eigenvalue weighted by Crippen LogP contribution is -2.18. The number of aliphatic hydroxyl groups excluding tert-OH is 1. The third-order valence-electron chi connectivity index (χ3n) is 4.81. The summed E-state index contributed by atoms with van der Waals surface area (Å²) in [5, 5.41) is 9.18. The van der Waals surface area contributed by atoms with Gasteiger partial charge in [-0.25, -0.2) is 0 Å². The van der Waals surface area contributed by atoms with E-state index < -0.39 is 0 Å². The van der Waals surface area contributed by atoms with Crippen molar-refractivity contribution in [3.63, 3.8) is 0 Å². The molecular weight excluding hydrogens is 300 g/mol. The van der Waals surface area contributed by atoms with E-state index in [1.165, 1.54) is 5.56 Å². The minimum absolute atomic E-state index is 0.0220. The molecule has 1 heterocycles. The molecule has 0 saturated heterocycles. The minimum Gasteiger partial charge on any atom is -0.492 e. The van der Waals surface area contributed by atoms with Gasteiger partial charge in [-0.1, -0.05) is 33.3 Å². The Morgan fingerprint density at radius 2 is 2.08 bits per heavy atom. The lowest BCUT2D eigenvalue weighted by molar-refractivity contribution is -0.119. The van der Waals surface area contributed by atoms with E-state index in [0.717, 1.165) is 41.7 Å². The molecule has 0 aliphatic carbocycles. The Balaban J connectivity index is 2.29. The van der Waals surface area contributed by atoms with Crippen molar-refractivity contribution in [2.75, 3.05) is 13.2 Å². The summed E-state index contributed by atoms with van der Waals surface area (Å²) in [6.45, 7) is 9.19. The van der Waals surface area contributed by atoms with Gasteiger partial charge in [0.15, 0.2) is 0 Å². The predicted octanol–water partition coefficient (Wildman–Crippen LogP) is 4.44. The van der Waals surface area contributed by atoms with E-state index in [4.69, 9.17) is 4.74 Å². The molecule has 0 atom stereocenters. The molecule has 0 radical (unpaired) electrons. The van der Waals surface area contributed by atoms with E-state index in [0.29, 0.717) is 25.2 Å². The smallest absolute Gasteiger partial charge is 0.133 e. The number of aryl methyl sites for hydroxylation is 1. The fourth-order valence-corrected chi connectivity index (χ4v) is 3.13. The average Bonchev–Trinajstić information content (AvgIpc) is 2.86. The van der Waals surface area contributed by atoms with Crippen LogP contribution in [0.4, 0.5) is 0 Å². The molecule has 0 saturated carbocycles. The van der Waals surface area contributed by atoms with Crippen LogP contribution in [0.3, 0.4) is 0 Å². The maximum Gasteiger partial charge on any atom is 0.133 e. The number of ketones is 1. The van der Waals surface area contributed by atoms with Gasteiger partial charge >= 0.3 is 0 Å². The average molecular weight is 330 g/mol. The molecular formula is C21H30O3. The van der Waals surface area contributed by atoms with Crippen molar-refractivity contribution in [2.24, 2.45) is 0 Å². The first-order valence-electron chi connectivity index (χ1n) is 8.99. The van der Waals surface area contributed by atoms with Gasteiger partial charge in [-0.15, -0.1) is 0 Å². The fourth-order valence-electron chi connectivity index (χ4n) is 3.13. The molecule has 1 aliphatic rings. The first-order chi connectivity index (χ1) is 11.4. The van der Waals surface area contributed by atoms with Crippen molar-refractivity contribution in [1.82, 2.24) is 0 Å². The maximum absolute atomic E-state index is 12.0. The Bertz CT molecular complexity index is 626. The van der Waals surface area contributed by atoms with E-state index >= 15 is 0 Å². The molecule has 1 aromatic rings. The molecule has 1 N–H and O–H groups in total. The number of hydrogen-bond donors (Lipinski definition) is 1. The third kappa shape index (κ3) is 4.27. The van der Waals surface area contributed by atoms with Gasteiger partial charge in [0, 0.05) is 23.8 Å². The number of carbonyl (C=O) groups is 1. The monoisotopic (exact) mass is 330 g/mol. The van der Waals surface area contributed by atoms with Gasteiger partial charge in [0.1, 0.15) is 11.5 Å². The van der Waals surface area contributed by atoms with E-state index in [-0.39, 0.29) is 12.0 Å². The number of aliphatic hydroxyl groups is 1. The number of allylic oxidation sites excluding steroid dienone is 1. The van der Waals surface area contributed by atoms with Crippen LogP contribution < -0.4 is 4.74 Å². The van der Waals surface area contributed by atoms with Crippen LogP contribution in [-0.2, 0) is 16.6 Å². The summed E-state index contributed by atoms with van der Waals surface area (Å²) in [5.74, 6) is 1.29. The van der Waals surface area contributed by atoms with Crippen LogP contribution in [-0.4, -0.2) is 24.1 Å². The van der Waals surface area contributed by atoms with E-state index in [1.807, 2.05) is 13.0 Å². The second-order valence-electron chi connectivity index (χ2n) is 7.40. The van der Waals surface area contributed by atoms with Crippen molar-refractivity contribution >= 4 is 11.4 Å². The first-order valence-corrected chi connectivity index (χ1v) is 8.99. The quantitative estimate of drug-likeness (QED) is 0.766. The highest BCUT2D eigenvalue weighted by Gasteiger charge is 2.34. The van der Waals surface area contributed by atoms with Crippen molar-refractivity contribution < 1.29 is 14.6 Å². The predicted molar refractivity (Wildman–Crippen MR) is 98.6 cm³/mol.